The molecule has 1 amide bonds. The summed E-state index contributed by atoms with van der Waals surface area (Å²) in [5, 5.41) is 23.5. The van der Waals surface area contributed by atoms with Crippen molar-refractivity contribution >= 4 is 33.4 Å². The Morgan fingerprint density at radius 1 is 1.05 bits per heavy atom. The molecule has 6 rings (SSSR count). The maximum atomic E-state index is 13.7. The number of amides is 1. The summed E-state index contributed by atoms with van der Waals surface area (Å²) in [6, 6.07) is 6.04. The fourth-order valence-electron chi connectivity index (χ4n) is 6.73. The molecule has 2 saturated heterocycles. The molecule has 0 bridgehead atoms. The van der Waals surface area contributed by atoms with E-state index in [0.717, 1.165) is 112 Å². The molecule has 2 fully saturated rings. The number of aliphatic hydroxyl groups is 2. The van der Waals surface area contributed by atoms with Crippen molar-refractivity contribution < 1.29 is 15.0 Å². The summed E-state index contributed by atoms with van der Waals surface area (Å²) in [6.45, 7) is 11.1. The Morgan fingerprint density at radius 3 is 2.44 bits per heavy atom. The van der Waals surface area contributed by atoms with Crippen molar-refractivity contribution in [1.82, 2.24) is 25.2 Å². The van der Waals surface area contributed by atoms with E-state index in [1.807, 2.05) is 12.3 Å². The highest BCUT2D eigenvalue weighted by molar-refractivity contribution is 7.19. The number of likely N-dealkylation sites (tertiary alicyclic amines) is 1. The van der Waals surface area contributed by atoms with Crippen molar-refractivity contribution in [2.75, 3.05) is 37.6 Å². The average Bonchev–Trinajstić information content (AvgIpc) is 3.41. The van der Waals surface area contributed by atoms with Gasteiger partial charge in [0.1, 0.15) is 16.2 Å². The second-order valence-corrected chi connectivity index (χ2v) is 14.8. The van der Waals surface area contributed by atoms with Gasteiger partial charge in [0.15, 0.2) is 5.01 Å². The molecule has 2 aliphatic heterocycles. The molecular weight excluding hydrogens is 560 g/mol. The Morgan fingerprint density at radius 2 is 1.77 bits per heavy atom. The average molecular weight is 607 g/mol. The molecule has 232 valence electrons. The van der Waals surface area contributed by atoms with E-state index in [2.05, 4.69) is 48.0 Å². The van der Waals surface area contributed by atoms with Crippen LogP contribution in [0, 0.1) is 11.3 Å². The van der Waals surface area contributed by atoms with Gasteiger partial charge in [0.05, 0.1) is 18.2 Å². The van der Waals surface area contributed by atoms with Gasteiger partial charge in [0.25, 0.3) is 5.91 Å². The highest BCUT2D eigenvalue weighted by atomic mass is 32.1. The van der Waals surface area contributed by atoms with E-state index in [9.17, 15) is 15.0 Å². The number of rotatable bonds is 7. The Kier molecular flexibility index (Phi) is 9.01. The first-order chi connectivity index (χ1) is 20.6. The first-order valence-electron chi connectivity index (χ1n) is 16.0. The summed E-state index contributed by atoms with van der Waals surface area (Å²) in [5.74, 6) is 1.34. The van der Waals surface area contributed by atoms with Crippen LogP contribution >= 0.6 is 11.3 Å². The zero-order chi connectivity index (χ0) is 30.1. The second kappa shape index (κ2) is 12.8. The molecular formula is C33H46N6O3S. The first-order valence-corrected chi connectivity index (χ1v) is 16.8. The quantitative estimate of drug-likeness (QED) is 0.360. The molecule has 0 spiro atoms. The van der Waals surface area contributed by atoms with Crippen LogP contribution in [0.5, 0.6) is 0 Å². The topological polar surface area (TPSA) is 115 Å². The van der Waals surface area contributed by atoms with Gasteiger partial charge in [-0.1, -0.05) is 38.2 Å². The summed E-state index contributed by atoms with van der Waals surface area (Å²) < 4.78 is 0. The maximum Gasteiger partial charge on any atom is 0.280 e. The number of aliphatic hydroxyl groups excluding tert-OH is 2. The van der Waals surface area contributed by atoms with Crippen LogP contribution in [0.2, 0.25) is 0 Å². The van der Waals surface area contributed by atoms with E-state index in [4.69, 9.17) is 15.0 Å². The van der Waals surface area contributed by atoms with Crippen molar-refractivity contribution in [3.05, 3.63) is 46.2 Å². The van der Waals surface area contributed by atoms with Gasteiger partial charge in [-0.2, -0.15) is 0 Å². The lowest BCUT2D eigenvalue weighted by molar-refractivity contribution is 0.0795. The minimum atomic E-state index is -0.227. The van der Waals surface area contributed by atoms with E-state index < -0.39 is 0 Å². The number of aryl methyl sites for hydroxylation is 1. The highest BCUT2D eigenvalue weighted by Crippen LogP contribution is 2.38. The third-order valence-corrected chi connectivity index (χ3v) is 10.7. The number of thiazole rings is 1. The molecule has 9 nitrogen and oxygen atoms in total. The minimum absolute atomic E-state index is 0.179. The summed E-state index contributed by atoms with van der Waals surface area (Å²) in [7, 11) is 0. The normalized spacial score (nSPS) is 21.6. The number of nitrogens with one attached hydrogen (secondary N) is 1. The van der Waals surface area contributed by atoms with Crippen LogP contribution in [0.1, 0.15) is 92.0 Å². The molecule has 3 aromatic heterocycles. The van der Waals surface area contributed by atoms with Crippen LogP contribution in [-0.2, 0) is 12.8 Å². The van der Waals surface area contributed by atoms with Gasteiger partial charge < -0.3 is 25.3 Å². The highest BCUT2D eigenvalue weighted by Gasteiger charge is 2.30. The first kappa shape index (κ1) is 30.4. The van der Waals surface area contributed by atoms with E-state index in [0.29, 0.717) is 10.9 Å². The van der Waals surface area contributed by atoms with Crippen molar-refractivity contribution in [3.63, 3.8) is 0 Å². The van der Waals surface area contributed by atoms with Gasteiger partial charge in [-0.05, 0) is 86.0 Å². The van der Waals surface area contributed by atoms with Crippen molar-refractivity contribution in [2.24, 2.45) is 11.3 Å². The second-order valence-electron chi connectivity index (χ2n) is 13.8. The number of hydrogen-bond donors (Lipinski definition) is 3. The Bertz CT molecular complexity index is 1400. The molecule has 1 aliphatic carbocycles. The molecule has 2 atom stereocenters. The molecule has 3 aliphatic rings. The molecule has 0 unspecified atom stereocenters. The Labute approximate surface area is 258 Å². The largest absolute Gasteiger partial charge is 0.393 e. The third kappa shape index (κ3) is 7.19. The molecule has 10 heteroatoms. The summed E-state index contributed by atoms with van der Waals surface area (Å²) in [5.41, 5.74) is 4.46. The summed E-state index contributed by atoms with van der Waals surface area (Å²) in [4.78, 5) is 33.5. The summed E-state index contributed by atoms with van der Waals surface area (Å²) in [6.07, 6.45) is 8.40. The van der Waals surface area contributed by atoms with E-state index >= 15 is 0 Å². The molecule has 0 radical (unpaired) electrons. The van der Waals surface area contributed by atoms with Crippen LogP contribution in [0.15, 0.2) is 24.4 Å². The lowest BCUT2D eigenvalue weighted by Crippen LogP contribution is -2.38. The van der Waals surface area contributed by atoms with Gasteiger partial charge in [-0.25, -0.2) is 15.0 Å². The molecule has 43 heavy (non-hydrogen) atoms. The number of piperidine rings is 2. The van der Waals surface area contributed by atoms with Gasteiger partial charge >= 0.3 is 0 Å². The Hall–Kier alpha value is -2.66. The standard InChI is InChI=1S/C33H46N6O3S/c1-33(2,3)23-5-6-26-22(18-23)19-28-31(36-26)43-32(37-28)30(42)35-27(12-15-38-13-8-24(40)9-14-38)21-4-7-29(34-20-21)39-16-10-25(41)11-17-39/h4,7,19-20,23-25,27,40-41H,5-6,8-18H2,1-3H3,(H,35,42)/t23-,27+/m0/s1. The fraction of sp³-hybridized carbons (Fsp3) is 0.636. The lowest BCUT2D eigenvalue weighted by Gasteiger charge is -2.34. The number of pyridine rings is 2. The van der Waals surface area contributed by atoms with Crippen LogP contribution < -0.4 is 10.2 Å². The third-order valence-electron chi connectivity index (χ3n) is 9.73. The zero-order valence-electron chi connectivity index (χ0n) is 25.8. The number of aromatic nitrogens is 3. The van der Waals surface area contributed by atoms with Gasteiger partial charge in [0.2, 0.25) is 0 Å². The van der Waals surface area contributed by atoms with E-state index in [1.165, 1.54) is 16.9 Å². The molecule has 5 heterocycles. The maximum absolute atomic E-state index is 13.7. The van der Waals surface area contributed by atoms with Gasteiger partial charge in [-0.15, -0.1) is 0 Å². The van der Waals surface area contributed by atoms with Gasteiger partial charge in [-0.3, -0.25) is 4.79 Å². The lowest BCUT2D eigenvalue weighted by atomic mass is 9.71. The number of nitrogens with zero attached hydrogens (tertiary/aromatic N) is 5. The molecule has 0 saturated carbocycles. The number of anilines is 1. The van der Waals surface area contributed by atoms with Crippen LogP contribution in [0.3, 0.4) is 0 Å². The van der Waals surface area contributed by atoms with Gasteiger partial charge in [0, 0.05) is 44.6 Å². The number of fused-ring (bicyclic) bond motifs is 2. The zero-order valence-corrected chi connectivity index (χ0v) is 26.6. The predicted molar refractivity (Wildman–Crippen MR) is 171 cm³/mol. The number of carbonyl (C=O) groups is 1. The number of carbonyl (C=O) groups excluding carboxylic acids is 1. The predicted octanol–water partition coefficient (Wildman–Crippen LogP) is 4.52. The molecule has 3 aromatic rings. The molecule has 3 N–H and O–H groups in total. The van der Waals surface area contributed by atoms with Crippen LogP contribution in [0.4, 0.5) is 5.82 Å². The van der Waals surface area contributed by atoms with Crippen molar-refractivity contribution in [2.45, 2.75) is 90.4 Å². The number of hydrogen-bond acceptors (Lipinski definition) is 9. The molecule has 0 aromatic carbocycles. The van der Waals surface area contributed by atoms with E-state index in [1.54, 1.807) is 0 Å². The smallest absolute Gasteiger partial charge is 0.280 e. The summed E-state index contributed by atoms with van der Waals surface area (Å²) >= 11 is 1.37. The van der Waals surface area contributed by atoms with Crippen molar-refractivity contribution in [3.8, 4) is 0 Å². The van der Waals surface area contributed by atoms with Crippen LogP contribution in [-0.4, -0.2) is 80.9 Å². The monoisotopic (exact) mass is 606 g/mol. The van der Waals surface area contributed by atoms with Crippen molar-refractivity contribution in [1.29, 1.82) is 0 Å². The van der Waals surface area contributed by atoms with Crippen LogP contribution in [0.25, 0.3) is 10.3 Å². The Balaban J connectivity index is 1.19. The van der Waals surface area contributed by atoms with E-state index in [-0.39, 0.29) is 29.6 Å². The fourth-order valence-corrected chi connectivity index (χ4v) is 7.57. The minimum Gasteiger partial charge on any atom is -0.393 e. The SMILES string of the molecule is CC(C)(C)[C@H]1CCc2nc3sc(C(=O)N[C@H](CCN4CCC(O)CC4)c4ccc(N5CCC(O)CC5)nc4)nc3cc2C1.